The van der Waals surface area contributed by atoms with Gasteiger partial charge in [-0.15, -0.1) is 0 Å². The fourth-order valence-electron chi connectivity index (χ4n) is 3.84. The monoisotopic (exact) mass is 356 g/mol. The van der Waals surface area contributed by atoms with E-state index in [-0.39, 0.29) is 30.4 Å². The molecule has 1 N–H and O–H groups in total. The number of ether oxygens (including phenoxy) is 1. The summed E-state index contributed by atoms with van der Waals surface area (Å²) in [6.07, 6.45) is 4.56. The van der Waals surface area contributed by atoms with Gasteiger partial charge in [0.2, 0.25) is 5.91 Å². The highest BCUT2D eigenvalue weighted by Crippen LogP contribution is 2.36. The van der Waals surface area contributed by atoms with Crippen LogP contribution >= 0.6 is 0 Å². The first kappa shape index (κ1) is 18.5. The third-order valence-corrected chi connectivity index (χ3v) is 5.13. The van der Waals surface area contributed by atoms with E-state index in [1.54, 1.807) is 0 Å². The largest absolute Gasteiger partial charge is 0.491 e. The summed E-state index contributed by atoms with van der Waals surface area (Å²) in [4.78, 5) is 26.7. The summed E-state index contributed by atoms with van der Waals surface area (Å²) in [6, 6.07) is 7.94. The number of hydrogen-bond acceptors (Lipinski definition) is 3. The zero-order valence-corrected chi connectivity index (χ0v) is 15.9. The zero-order valence-electron chi connectivity index (χ0n) is 15.9. The fraction of sp³-hybridized carbons (Fsp3) is 0.524. The molecule has 0 bridgehead atoms. The Hall–Kier alpha value is -2.30. The van der Waals surface area contributed by atoms with E-state index in [1.165, 1.54) is 5.57 Å². The molecule has 0 aromatic heterocycles. The molecule has 3 rings (SSSR count). The zero-order chi connectivity index (χ0) is 18.7. The molecule has 1 saturated carbocycles. The standard InChI is InChI=1S/C21H28N2O3/c1-14(2)26-16-10-8-15(9-11-16)13-22-20(24)12-18-17-6-4-5-7-19(17)23(3)21(18)25/h8-11,14,19H,4-7,12-13H2,1-3H3,(H,22,24). The number of rotatable bonds is 6. The number of likely N-dealkylation sites (N-methyl/N-ethyl adjacent to an activating group) is 1. The van der Waals surface area contributed by atoms with E-state index in [9.17, 15) is 9.59 Å². The third-order valence-electron chi connectivity index (χ3n) is 5.13. The molecule has 1 atom stereocenters. The summed E-state index contributed by atoms with van der Waals surface area (Å²) < 4.78 is 5.62. The maximum atomic E-state index is 12.5. The van der Waals surface area contributed by atoms with Crippen LogP contribution in [0.15, 0.2) is 35.4 Å². The average molecular weight is 356 g/mol. The van der Waals surface area contributed by atoms with Gasteiger partial charge >= 0.3 is 0 Å². The lowest BCUT2D eigenvalue weighted by molar-refractivity contribution is -0.128. The molecule has 0 radical (unpaired) electrons. The van der Waals surface area contributed by atoms with Gasteiger partial charge in [0.15, 0.2) is 0 Å². The highest BCUT2D eigenvalue weighted by atomic mass is 16.5. The average Bonchev–Trinajstić information content (AvgIpc) is 2.86. The second kappa shape index (κ2) is 7.94. The van der Waals surface area contributed by atoms with Gasteiger partial charge in [-0.25, -0.2) is 0 Å². The van der Waals surface area contributed by atoms with Crippen molar-refractivity contribution in [1.82, 2.24) is 10.2 Å². The fourth-order valence-corrected chi connectivity index (χ4v) is 3.84. The molecule has 2 aliphatic rings. The Labute approximate surface area is 155 Å². The van der Waals surface area contributed by atoms with Crippen molar-refractivity contribution >= 4 is 11.8 Å². The summed E-state index contributed by atoms with van der Waals surface area (Å²) in [5, 5.41) is 2.93. The van der Waals surface area contributed by atoms with Crippen LogP contribution < -0.4 is 10.1 Å². The Morgan fingerprint density at radius 3 is 2.69 bits per heavy atom. The summed E-state index contributed by atoms with van der Waals surface area (Å²) in [5.41, 5.74) is 2.92. The van der Waals surface area contributed by atoms with E-state index >= 15 is 0 Å². The number of nitrogens with one attached hydrogen (secondary N) is 1. The molecule has 5 heteroatoms. The molecule has 1 aliphatic heterocycles. The second-order valence-electron chi connectivity index (χ2n) is 7.45. The molecule has 1 aromatic carbocycles. The van der Waals surface area contributed by atoms with Gasteiger partial charge < -0.3 is 15.0 Å². The molecule has 1 unspecified atom stereocenters. The second-order valence-corrected chi connectivity index (χ2v) is 7.45. The lowest BCUT2D eigenvalue weighted by atomic mass is 9.88. The third kappa shape index (κ3) is 4.09. The molecular formula is C21H28N2O3. The van der Waals surface area contributed by atoms with E-state index < -0.39 is 0 Å². The van der Waals surface area contributed by atoms with E-state index in [2.05, 4.69) is 5.32 Å². The van der Waals surface area contributed by atoms with Crippen molar-refractivity contribution in [2.24, 2.45) is 0 Å². The first-order valence-corrected chi connectivity index (χ1v) is 9.47. The van der Waals surface area contributed by atoms with Crippen LogP contribution in [0.1, 0.15) is 51.5 Å². The van der Waals surface area contributed by atoms with E-state index in [0.717, 1.165) is 42.6 Å². The topological polar surface area (TPSA) is 58.6 Å². The molecule has 26 heavy (non-hydrogen) atoms. The number of nitrogens with zero attached hydrogens (tertiary/aromatic N) is 1. The smallest absolute Gasteiger partial charge is 0.250 e. The van der Waals surface area contributed by atoms with Gasteiger partial charge in [0.1, 0.15) is 5.75 Å². The first-order valence-electron chi connectivity index (χ1n) is 9.47. The van der Waals surface area contributed by atoms with E-state index in [1.807, 2.05) is 50.1 Å². The molecule has 2 amide bonds. The summed E-state index contributed by atoms with van der Waals surface area (Å²) in [7, 11) is 1.85. The molecule has 1 aliphatic carbocycles. The molecule has 0 spiro atoms. The number of amides is 2. The van der Waals surface area contributed by atoms with Crippen LogP contribution in [0.4, 0.5) is 0 Å². The number of hydrogen-bond donors (Lipinski definition) is 1. The van der Waals surface area contributed by atoms with Gasteiger partial charge in [-0.05, 0) is 56.4 Å². The lowest BCUT2D eigenvalue weighted by Gasteiger charge is -2.26. The van der Waals surface area contributed by atoms with Crippen LogP contribution in [0.25, 0.3) is 0 Å². The van der Waals surface area contributed by atoms with Crippen LogP contribution in [0.3, 0.4) is 0 Å². The molecule has 0 saturated heterocycles. The highest BCUT2D eigenvalue weighted by Gasteiger charge is 2.38. The number of fused-ring (bicyclic) bond motifs is 1. The maximum absolute atomic E-state index is 12.5. The predicted molar refractivity (Wildman–Crippen MR) is 101 cm³/mol. The summed E-state index contributed by atoms with van der Waals surface area (Å²) in [6.45, 7) is 4.43. The molecule has 1 heterocycles. The molecule has 1 fully saturated rings. The Morgan fingerprint density at radius 2 is 2.00 bits per heavy atom. The summed E-state index contributed by atoms with van der Waals surface area (Å²) >= 11 is 0. The van der Waals surface area contributed by atoms with Crippen LogP contribution in [-0.4, -0.2) is 35.9 Å². The van der Waals surface area contributed by atoms with E-state index in [4.69, 9.17) is 4.74 Å². The van der Waals surface area contributed by atoms with E-state index in [0.29, 0.717) is 6.54 Å². The minimum Gasteiger partial charge on any atom is -0.491 e. The Balaban J connectivity index is 1.56. The van der Waals surface area contributed by atoms with Gasteiger partial charge in [0, 0.05) is 19.2 Å². The first-order chi connectivity index (χ1) is 12.5. The van der Waals surface area contributed by atoms with Gasteiger partial charge in [-0.2, -0.15) is 0 Å². The SMILES string of the molecule is CC(C)Oc1ccc(CNC(=O)CC2=C3CCCCC3N(C)C2=O)cc1. The Morgan fingerprint density at radius 1 is 1.27 bits per heavy atom. The normalized spacial score (nSPS) is 19.8. The number of carbonyl (C=O) groups is 2. The maximum Gasteiger partial charge on any atom is 0.250 e. The lowest BCUT2D eigenvalue weighted by Crippen LogP contribution is -2.33. The van der Waals surface area contributed by atoms with Crippen molar-refractivity contribution in [2.75, 3.05) is 7.05 Å². The number of carbonyl (C=O) groups excluding carboxylic acids is 2. The molecule has 5 nitrogen and oxygen atoms in total. The molecule has 1 aromatic rings. The van der Waals surface area contributed by atoms with Crippen LogP contribution in [0.2, 0.25) is 0 Å². The number of benzene rings is 1. The van der Waals surface area contributed by atoms with Crippen molar-refractivity contribution < 1.29 is 14.3 Å². The van der Waals surface area contributed by atoms with Crippen LogP contribution in [0, 0.1) is 0 Å². The minimum absolute atomic E-state index is 0.0252. The highest BCUT2D eigenvalue weighted by molar-refractivity contribution is 6.02. The summed E-state index contributed by atoms with van der Waals surface area (Å²) in [5.74, 6) is 0.755. The minimum atomic E-state index is -0.0945. The predicted octanol–water partition coefficient (Wildman–Crippen LogP) is 3.19. The van der Waals surface area contributed by atoms with Gasteiger partial charge in [0.25, 0.3) is 5.91 Å². The van der Waals surface area contributed by atoms with Crippen LogP contribution in [-0.2, 0) is 16.1 Å². The van der Waals surface area contributed by atoms with Crippen molar-refractivity contribution in [3.8, 4) is 5.75 Å². The van der Waals surface area contributed by atoms with Gasteiger partial charge in [-0.1, -0.05) is 18.6 Å². The Bertz CT molecular complexity index is 706. The van der Waals surface area contributed by atoms with Gasteiger partial charge in [-0.3, -0.25) is 9.59 Å². The van der Waals surface area contributed by atoms with Crippen molar-refractivity contribution in [3.05, 3.63) is 41.0 Å². The Kier molecular flexibility index (Phi) is 5.64. The van der Waals surface area contributed by atoms with Crippen molar-refractivity contribution in [2.45, 2.75) is 64.6 Å². The molecule has 140 valence electrons. The van der Waals surface area contributed by atoms with Crippen LogP contribution in [0.5, 0.6) is 5.75 Å². The van der Waals surface area contributed by atoms with Crippen molar-refractivity contribution in [3.63, 3.8) is 0 Å². The van der Waals surface area contributed by atoms with Crippen molar-refractivity contribution in [1.29, 1.82) is 0 Å². The quantitative estimate of drug-likeness (QED) is 0.852. The van der Waals surface area contributed by atoms with Gasteiger partial charge in [0.05, 0.1) is 18.6 Å². The molecular weight excluding hydrogens is 328 g/mol.